The van der Waals surface area contributed by atoms with Crippen molar-refractivity contribution in [3.8, 4) is 11.5 Å². The molecule has 1 aliphatic carbocycles. The van der Waals surface area contributed by atoms with Gasteiger partial charge in [-0.25, -0.2) is 9.38 Å². The normalized spacial score (nSPS) is 15.6. The minimum Gasteiger partial charge on any atom is -0.493 e. The first-order valence-electron chi connectivity index (χ1n) is 15.3. The second kappa shape index (κ2) is 12.1. The summed E-state index contributed by atoms with van der Waals surface area (Å²) in [5.74, 6) is 0.824. The second-order valence-corrected chi connectivity index (χ2v) is 13.5. The Morgan fingerprint density at radius 1 is 0.979 bits per heavy atom. The van der Waals surface area contributed by atoms with Crippen molar-refractivity contribution < 1.29 is 13.9 Å². The molecular weight excluding hydrogens is 675 g/mol. The molecule has 0 fully saturated rings. The first-order valence-corrected chi connectivity index (χ1v) is 16.9. The summed E-state index contributed by atoms with van der Waals surface area (Å²) < 4.78 is 29.1. The highest BCUT2D eigenvalue weighted by atomic mass is 79.9. The molecular formula is C39H28BrFN2O3S. The van der Waals surface area contributed by atoms with Gasteiger partial charge in [-0.15, -0.1) is 0 Å². The Balaban J connectivity index is 1.20. The van der Waals surface area contributed by atoms with Gasteiger partial charge in [-0.05, 0) is 97.7 Å². The van der Waals surface area contributed by atoms with E-state index in [-0.39, 0.29) is 17.4 Å². The number of rotatable bonds is 6. The molecule has 0 spiro atoms. The van der Waals surface area contributed by atoms with Crippen LogP contribution in [0.3, 0.4) is 0 Å². The number of hydrogen-bond donors (Lipinski definition) is 0. The number of benzene rings is 5. The molecule has 0 N–H and O–H groups in total. The van der Waals surface area contributed by atoms with Gasteiger partial charge in [0.2, 0.25) is 0 Å². The van der Waals surface area contributed by atoms with E-state index in [2.05, 4.69) is 52.3 Å². The minimum atomic E-state index is -0.372. The van der Waals surface area contributed by atoms with Crippen LogP contribution in [0.25, 0.3) is 22.5 Å². The smallest absolute Gasteiger partial charge is 0.271 e. The summed E-state index contributed by atoms with van der Waals surface area (Å²) in [4.78, 5) is 19.9. The number of aromatic nitrogens is 1. The van der Waals surface area contributed by atoms with Crippen molar-refractivity contribution in [2.24, 2.45) is 4.99 Å². The van der Waals surface area contributed by atoms with Gasteiger partial charge >= 0.3 is 0 Å². The second-order valence-electron chi connectivity index (χ2n) is 11.6. The fourth-order valence-electron chi connectivity index (χ4n) is 6.65. The number of aryl methyl sites for hydroxylation is 1. The average molecular weight is 704 g/mol. The first kappa shape index (κ1) is 29.6. The number of ether oxygens (including phenoxy) is 2. The van der Waals surface area contributed by atoms with Gasteiger partial charge in [0.15, 0.2) is 16.3 Å². The van der Waals surface area contributed by atoms with E-state index in [1.165, 1.54) is 29.0 Å². The van der Waals surface area contributed by atoms with Crippen molar-refractivity contribution in [3.63, 3.8) is 0 Å². The molecule has 1 aromatic heterocycles. The van der Waals surface area contributed by atoms with Crippen LogP contribution in [-0.4, -0.2) is 11.7 Å². The van der Waals surface area contributed by atoms with E-state index in [0.717, 1.165) is 57.1 Å². The number of allylic oxidation sites excluding steroid dienone is 1. The lowest BCUT2D eigenvalue weighted by Crippen LogP contribution is -2.38. The Bertz CT molecular complexity index is 2410. The van der Waals surface area contributed by atoms with Crippen LogP contribution in [0.1, 0.15) is 40.3 Å². The molecule has 2 aliphatic rings. The Morgan fingerprint density at radius 2 is 1.77 bits per heavy atom. The zero-order chi connectivity index (χ0) is 32.1. The summed E-state index contributed by atoms with van der Waals surface area (Å²) in [6.07, 6.45) is 3.49. The highest BCUT2D eigenvalue weighted by molar-refractivity contribution is 9.10. The Labute approximate surface area is 282 Å². The van der Waals surface area contributed by atoms with Gasteiger partial charge in [0.25, 0.3) is 5.56 Å². The third kappa shape index (κ3) is 5.31. The summed E-state index contributed by atoms with van der Waals surface area (Å²) in [5.41, 5.74) is 6.89. The Kier molecular flexibility index (Phi) is 7.62. The van der Waals surface area contributed by atoms with Crippen LogP contribution < -0.4 is 24.4 Å². The van der Waals surface area contributed by atoms with E-state index in [4.69, 9.17) is 14.5 Å². The predicted molar refractivity (Wildman–Crippen MR) is 188 cm³/mol. The highest BCUT2D eigenvalue weighted by Gasteiger charge is 2.32. The molecule has 1 unspecified atom stereocenters. The standard InChI is InChI=1S/C39H28BrFN2O3S/c1-45-33-20-23(19-32(40)37(33)46-22-27-10-6-9-24-7-2-4-11-29(24)27)21-34-38(44)43-36(26-13-16-28(41)17-14-26)31-18-15-25-8-3-5-12-30(25)35(31)42-39(43)47-34/h2-14,16-17,19-21,36H,15,18,22H2,1H3. The molecule has 1 aliphatic heterocycles. The molecule has 47 heavy (non-hydrogen) atoms. The van der Waals surface area contributed by atoms with Gasteiger partial charge in [0.05, 0.1) is 27.9 Å². The highest BCUT2D eigenvalue weighted by Crippen LogP contribution is 2.41. The van der Waals surface area contributed by atoms with Gasteiger partial charge in [0.1, 0.15) is 12.4 Å². The van der Waals surface area contributed by atoms with Crippen molar-refractivity contribution >= 4 is 49.8 Å². The van der Waals surface area contributed by atoms with E-state index in [1.54, 1.807) is 23.8 Å². The van der Waals surface area contributed by atoms with Crippen molar-refractivity contribution in [2.45, 2.75) is 25.5 Å². The van der Waals surface area contributed by atoms with Crippen molar-refractivity contribution in [3.05, 3.63) is 166 Å². The van der Waals surface area contributed by atoms with Crippen LogP contribution in [-0.2, 0) is 13.0 Å². The van der Waals surface area contributed by atoms with Crippen LogP contribution in [0.5, 0.6) is 11.5 Å². The maximum Gasteiger partial charge on any atom is 0.271 e. The van der Waals surface area contributed by atoms with E-state index in [0.29, 0.717) is 31.9 Å². The maximum absolute atomic E-state index is 14.2. The van der Waals surface area contributed by atoms with E-state index in [9.17, 15) is 9.18 Å². The van der Waals surface area contributed by atoms with Gasteiger partial charge < -0.3 is 9.47 Å². The third-order valence-electron chi connectivity index (χ3n) is 8.86. The molecule has 2 heterocycles. The number of nitrogens with zero attached hydrogens (tertiary/aromatic N) is 2. The molecule has 1 atom stereocenters. The molecule has 0 saturated carbocycles. The number of fused-ring (bicyclic) bond motifs is 4. The molecule has 8 rings (SSSR count). The molecule has 0 amide bonds. The third-order valence-corrected chi connectivity index (χ3v) is 10.4. The quantitative estimate of drug-likeness (QED) is 0.177. The maximum atomic E-state index is 14.2. The van der Waals surface area contributed by atoms with Crippen LogP contribution in [0.15, 0.2) is 123 Å². The minimum absolute atomic E-state index is 0.139. The SMILES string of the molecule is COc1cc(C=c2sc3n(c2=O)C(c2ccc(F)cc2)C2=C(N=3)c3ccccc3CC2)cc(Br)c1OCc1cccc2ccccc12. The van der Waals surface area contributed by atoms with Crippen LogP contribution in [0.4, 0.5) is 4.39 Å². The van der Waals surface area contributed by atoms with Gasteiger partial charge in [-0.1, -0.05) is 90.2 Å². The Hall–Kier alpha value is -4.79. The first-order chi connectivity index (χ1) is 23.0. The lowest BCUT2D eigenvalue weighted by molar-refractivity contribution is 0.283. The van der Waals surface area contributed by atoms with Crippen LogP contribution in [0, 0.1) is 5.82 Å². The predicted octanol–water partition coefficient (Wildman–Crippen LogP) is 7.96. The zero-order valence-corrected chi connectivity index (χ0v) is 27.8. The molecule has 0 radical (unpaired) electrons. The molecule has 8 heteroatoms. The fourth-order valence-corrected chi connectivity index (χ4v) is 8.23. The molecule has 5 aromatic carbocycles. The van der Waals surface area contributed by atoms with Crippen molar-refractivity contribution in [1.82, 2.24) is 4.57 Å². The molecule has 6 aromatic rings. The fraction of sp³-hybridized carbons (Fsp3) is 0.128. The van der Waals surface area contributed by atoms with Crippen molar-refractivity contribution in [1.29, 1.82) is 0 Å². The number of halogens is 2. The number of thiazole rings is 1. The lowest BCUT2D eigenvalue weighted by atomic mass is 9.83. The zero-order valence-electron chi connectivity index (χ0n) is 25.4. The summed E-state index contributed by atoms with van der Waals surface area (Å²) in [7, 11) is 1.61. The summed E-state index contributed by atoms with van der Waals surface area (Å²) in [5, 5.41) is 2.30. The van der Waals surface area contributed by atoms with E-state index in [1.807, 2.05) is 48.5 Å². The van der Waals surface area contributed by atoms with Gasteiger partial charge in [0, 0.05) is 5.56 Å². The largest absolute Gasteiger partial charge is 0.493 e. The number of hydrogen-bond acceptors (Lipinski definition) is 5. The summed E-state index contributed by atoms with van der Waals surface area (Å²) in [6, 6.07) is 32.6. The molecule has 0 saturated heterocycles. The summed E-state index contributed by atoms with van der Waals surface area (Å²) >= 11 is 5.05. The average Bonchev–Trinajstić information content (AvgIpc) is 3.40. The molecule has 0 bridgehead atoms. The Morgan fingerprint density at radius 3 is 2.62 bits per heavy atom. The number of methoxy groups -OCH3 is 1. The van der Waals surface area contributed by atoms with E-state index < -0.39 is 0 Å². The lowest BCUT2D eigenvalue weighted by Gasteiger charge is -2.30. The van der Waals surface area contributed by atoms with Gasteiger partial charge in [-0.3, -0.25) is 9.36 Å². The van der Waals surface area contributed by atoms with Crippen molar-refractivity contribution in [2.75, 3.05) is 7.11 Å². The molecule has 232 valence electrons. The topological polar surface area (TPSA) is 52.8 Å². The van der Waals surface area contributed by atoms with Gasteiger partial charge in [-0.2, -0.15) is 0 Å². The summed E-state index contributed by atoms with van der Waals surface area (Å²) in [6.45, 7) is 0.367. The molecule has 5 nitrogen and oxygen atoms in total. The van der Waals surface area contributed by atoms with Crippen LogP contribution in [0.2, 0.25) is 0 Å². The monoisotopic (exact) mass is 702 g/mol. The van der Waals surface area contributed by atoms with E-state index >= 15 is 0 Å². The van der Waals surface area contributed by atoms with Crippen LogP contribution >= 0.6 is 27.3 Å².